The van der Waals surface area contributed by atoms with Crippen molar-refractivity contribution < 1.29 is 45.5 Å². The monoisotopic (exact) mass is 834 g/mol. The molecule has 2 aliphatic heterocycles. The summed E-state index contributed by atoms with van der Waals surface area (Å²) in [6, 6.07) is 12.8. The summed E-state index contributed by atoms with van der Waals surface area (Å²) in [6.07, 6.45) is -3.96. The number of carbonyl (C=O) groups is 3. The van der Waals surface area contributed by atoms with Gasteiger partial charge in [0.25, 0.3) is 5.91 Å². The van der Waals surface area contributed by atoms with Gasteiger partial charge in [0.15, 0.2) is 5.84 Å². The number of pyridine rings is 1. The number of fused-ring (bicyclic) bond motifs is 1. The van der Waals surface area contributed by atoms with Gasteiger partial charge in [-0.2, -0.15) is 17.5 Å². The third kappa shape index (κ3) is 8.40. The van der Waals surface area contributed by atoms with E-state index in [1.165, 1.54) is 49.1 Å². The number of nitrogens with zero attached hydrogens (tertiary/aromatic N) is 5. The molecule has 2 fully saturated rings. The number of oxime groups is 1. The van der Waals surface area contributed by atoms with Crippen LogP contribution in [0.25, 0.3) is 10.9 Å². The topological polar surface area (TPSA) is 165 Å². The van der Waals surface area contributed by atoms with Crippen molar-refractivity contribution in [3.8, 4) is 5.75 Å². The fraction of sp³-hybridized carbons (Fsp3) is 0.324. The Morgan fingerprint density at radius 3 is 2.29 bits per heavy atom. The molecule has 0 bridgehead atoms. The molecule has 2 N–H and O–H groups in total. The number of aryl methyl sites for hydroxylation is 1. The lowest BCUT2D eigenvalue weighted by Crippen LogP contribution is -2.55. The average molecular weight is 836 g/mol. The molecule has 0 radical (unpaired) electrons. The molecule has 2 amide bonds. The fourth-order valence-electron chi connectivity index (χ4n) is 6.63. The number of halogens is 5. The Kier molecular flexibility index (Phi) is 11.8. The highest BCUT2D eigenvalue weighted by atomic mass is 35.5. The normalized spacial score (nSPS) is 17.0. The highest BCUT2D eigenvalue weighted by Gasteiger charge is 2.43. The Morgan fingerprint density at radius 2 is 1.62 bits per heavy atom. The van der Waals surface area contributed by atoms with Crippen LogP contribution in [0, 0.1) is 6.92 Å². The van der Waals surface area contributed by atoms with Crippen LogP contribution in [0.15, 0.2) is 70.7 Å². The van der Waals surface area contributed by atoms with Gasteiger partial charge in [0.05, 0.1) is 10.6 Å². The van der Waals surface area contributed by atoms with Gasteiger partial charge in [-0.3, -0.25) is 9.59 Å². The van der Waals surface area contributed by atoms with Crippen molar-refractivity contribution in [2.24, 2.45) is 10.9 Å². The summed E-state index contributed by atoms with van der Waals surface area (Å²) >= 11 is 13.1. The molecule has 0 unspecified atom stereocenters. The molecule has 2 aliphatic rings. The zero-order valence-corrected chi connectivity index (χ0v) is 32.3. The van der Waals surface area contributed by atoms with E-state index in [2.05, 4.69) is 15.0 Å². The number of hydrogen-bond acceptors (Lipinski definition) is 9. The third-order valence-electron chi connectivity index (χ3n) is 9.41. The van der Waals surface area contributed by atoms with Gasteiger partial charge in [-0.15, -0.1) is 0 Å². The quantitative estimate of drug-likeness (QED) is 0.0955. The van der Waals surface area contributed by atoms with Crippen molar-refractivity contribution in [2.75, 3.05) is 32.7 Å². The molecular weight excluding hydrogens is 800 g/mol. The molecule has 1 atom stereocenters. The number of para-hydroxylation sites is 1. The second-order valence-electron chi connectivity index (χ2n) is 13.1. The average Bonchev–Trinajstić information content (AvgIpc) is 3.67. The second-order valence-corrected chi connectivity index (χ2v) is 15.8. The molecule has 1 aromatic heterocycles. The van der Waals surface area contributed by atoms with Crippen molar-refractivity contribution in [1.82, 2.24) is 19.1 Å². The van der Waals surface area contributed by atoms with Crippen molar-refractivity contribution in [3.05, 3.63) is 98.7 Å². The Morgan fingerprint density at radius 1 is 0.964 bits per heavy atom. The maximum absolute atomic E-state index is 14.1. The first kappa shape index (κ1) is 40.7. The number of rotatable bonds is 9. The molecule has 6 rings (SSSR count). The summed E-state index contributed by atoms with van der Waals surface area (Å²) in [5.74, 6) is -1.35. The first-order valence-corrected chi connectivity index (χ1v) is 19.5. The van der Waals surface area contributed by atoms with Crippen LogP contribution < -0.4 is 10.5 Å². The summed E-state index contributed by atoms with van der Waals surface area (Å²) < 4.78 is 76.7. The lowest BCUT2D eigenvalue weighted by Gasteiger charge is -2.37. The summed E-state index contributed by atoms with van der Waals surface area (Å²) in [5, 5.41) is 3.16. The van der Waals surface area contributed by atoms with Crippen LogP contribution in [0.2, 0.25) is 10.0 Å². The first-order chi connectivity index (χ1) is 26.5. The maximum Gasteiger partial charge on any atom is 0.417 e. The molecule has 56 heavy (non-hydrogen) atoms. The maximum atomic E-state index is 14.1. The van der Waals surface area contributed by atoms with E-state index in [1.54, 1.807) is 29.2 Å². The minimum atomic E-state index is -4.64. The van der Waals surface area contributed by atoms with Gasteiger partial charge in [0.2, 0.25) is 15.9 Å². The van der Waals surface area contributed by atoms with Crippen molar-refractivity contribution in [1.29, 1.82) is 0 Å². The van der Waals surface area contributed by atoms with Crippen molar-refractivity contribution in [3.63, 3.8) is 0 Å². The minimum absolute atomic E-state index is 0.00941. The van der Waals surface area contributed by atoms with E-state index in [-0.39, 0.29) is 93.7 Å². The standard InChI is InChI=1S/C37H35Cl2F3N6O7S/c1-21-19-27(37(40,41)42)25-5-3-7-30(33(25)44-21)54-20-26-28(38)12-13-31(32(26)39)56(52,53)48-14-4-6-29(48)36(51)47-17-15-46(16-18-47)35(50)24-10-8-23(9-11-24)34(43)45-55-22(2)49/h3,5,7-13,19,29H,4,6,14-18,20H2,1-2H3,(H2,43,45)/t29-/m0/s1. The van der Waals surface area contributed by atoms with Crippen LogP contribution in [0.3, 0.4) is 0 Å². The molecule has 3 heterocycles. The molecule has 0 saturated carbocycles. The Hall–Kier alpha value is -4.97. The van der Waals surface area contributed by atoms with Crippen molar-refractivity contribution in [2.45, 2.75) is 50.4 Å². The van der Waals surface area contributed by atoms with Crippen LogP contribution in [-0.4, -0.2) is 89.9 Å². The molecule has 296 valence electrons. The molecule has 19 heteroatoms. The number of benzene rings is 3. The molecule has 13 nitrogen and oxygen atoms in total. The van der Waals surface area contributed by atoms with Crippen LogP contribution in [0.1, 0.15) is 52.5 Å². The molecular formula is C37H35Cl2F3N6O7S. The van der Waals surface area contributed by atoms with E-state index in [0.717, 1.165) is 10.4 Å². The predicted octanol–water partition coefficient (Wildman–Crippen LogP) is 5.77. The summed E-state index contributed by atoms with van der Waals surface area (Å²) in [5.41, 5.74) is 5.91. The SMILES string of the molecule is CC(=O)ON=C(N)c1ccc(C(=O)N2CCN(C(=O)[C@@H]3CCCN3S(=O)(=O)c3ccc(Cl)c(COc4cccc5c(C(F)(F)F)cc(C)nc45)c3Cl)CC2)cc1. The molecule has 3 aromatic carbocycles. The first-order valence-electron chi connectivity index (χ1n) is 17.3. The van der Waals surface area contributed by atoms with Gasteiger partial charge >= 0.3 is 12.1 Å². The fourth-order valence-corrected chi connectivity index (χ4v) is 9.15. The molecule has 4 aromatic rings. The summed E-state index contributed by atoms with van der Waals surface area (Å²) in [4.78, 5) is 49.6. The van der Waals surface area contributed by atoms with Gasteiger partial charge in [-0.1, -0.05) is 52.6 Å². The van der Waals surface area contributed by atoms with Gasteiger partial charge in [-0.05, 0) is 56.2 Å². The lowest BCUT2D eigenvalue weighted by molar-refractivity contribution is -0.141. The van der Waals surface area contributed by atoms with Crippen molar-refractivity contribution >= 4 is 67.7 Å². The van der Waals surface area contributed by atoms with Crippen LogP contribution in [-0.2, 0) is 37.2 Å². The van der Waals surface area contributed by atoms with Crippen LogP contribution >= 0.6 is 23.2 Å². The number of amides is 2. The van der Waals surface area contributed by atoms with Crippen LogP contribution in [0.4, 0.5) is 13.2 Å². The number of ether oxygens (including phenoxy) is 1. The molecule has 2 saturated heterocycles. The van der Waals surface area contributed by atoms with Gasteiger partial charge in [-0.25, -0.2) is 18.2 Å². The highest BCUT2D eigenvalue weighted by molar-refractivity contribution is 7.89. The van der Waals surface area contributed by atoms with Gasteiger partial charge in [0.1, 0.15) is 28.8 Å². The number of carbonyl (C=O) groups excluding carboxylic acids is 3. The number of alkyl halides is 3. The van der Waals surface area contributed by atoms with Gasteiger partial charge < -0.3 is 25.1 Å². The predicted molar refractivity (Wildman–Crippen MR) is 201 cm³/mol. The zero-order valence-electron chi connectivity index (χ0n) is 30.0. The Balaban J connectivity index is 1.14. The largest absolute Gasteiger partial charge is 0.487 e. The zero-order chi connectivity index (χ0) is 40.5. The van der Waals surface area contributed by atoms with E-state index in [1.807, 2.05) is 0 Å². The number of piperazine rings is 1. The molecule has 0 spiro atoms. The van der Waals surface area contributed by atoms with Gasteiger partial charge in [0, 0.05) is 72.4 Å². The Bertz CT molecular complexity index is 2340. The highest BCUT2D eigenvalue weighted by Crippen LogP contribution is 2.39. The van der Waals surface area contributed by atoms with E-state index in [0.29, 0.717) is 17.5 Å². The Labute approximate surface area is 329 Å². The third-order valence-corrected chi connectivity index (χ3v) is 12.3. The summed E-state index contributed by atoms with van der Waals surface area (Å²) in [7, 11) is -4.37. The number of sulfonamides is 1. The van der Waals surface area contributed by atoms with Crippen LogP contribution in [0.5, 0.6) is 5.75 Å². The van der Waals surface area contributed by atoms with E-state index in [4.69, 9.17) is 33.7 Å². The van der Waals surface area contributed by atoms with E-state index in [9.17, 15) is 36.0 Å². The molecule has 0 aliphatic carbocycles. The lowest BCUT2D eigenvalue weighted by atomic mass is 10.1. The summed E-state index contributed by atoms with van der Waals surface area (Å²) in [6.45, 7) is 3.02. The minimum Gasteiger partial charge on any atom is -0.487 e. The number of aromatic nitrogens is 1. The number of nitrogens with two attached hydrogens (primary N) is 1. The van der Waals surface area contributed by atoms with E-state index < -0.39 is 46.3 Å². The smallest absolute Gasteiger partial charge is 0.417 e. The second kappa shape index (κ2) is 16.3. The number of amidine groups is 1. The van der Waals surface area contributed by atoms with E-state index >= 15 is 0 Å². The number of hydrogen-bond donors (Lipinski definition) is 1.